The van der Waals surface area contributed by atoms with Crippen LogP contribution in [0.2, 0.25) is 0 Å². The molecule has 0 heterocycles. The molecule has 2 fully saturated rings. The van der Waals surface area contributed by atoms with Crippen molar-refractivity contribution in [1.29, 1.82) is 0 Å². The van der Waals surface area contributed by atoms with E-state index in [0.29, 0.717) is 23.5 Å². The van der Waals surface area contributed by atoms with Gasteiger partial charge in [0.2, 0.25) is 0 Å². The number of aliphatic imine (C=N–C) groups is 1. The van der Waals surface area contributed by atoms with Crippen LogP contribution in [0.1, 0.15) is 92.4 Å². The first-order valence-corrected chi connectivity index (χ1v) is 11.9. The average molecular weight is 420 g/mol. The highest BCUT2D eigenvalue weighted by Crippen LogP contribution is 2.35. The molecule has 0 spiro atoms. The quantitative estimate of drug-likeness (QED) is 0.298. The molecule has 4 heteroatoms. The van der Waals surface area contributed by atoms with Crippen LogP contribution in [0.25, 0.3) is 0 Å². The third kappa shape index (κ3) is 10.8. The zero-order valence-corrected chi connectivity index (χ0v) is 20.4. The van der Waals surface area contributed by atoms with E-state index in [4.69, 9.17) is 0 Å². The van der Waals surface area contributed by atoms with Crippen LogP contribution in [-0.4, -0.2) is 18.8 Å². The van der Waals surface area contributed by atoms with E-state index < -0.39 is 0 Å². The molecule has 0 unspecified atom stereocenters. The highest BCUT2D eigenvalue weighted by Gasteiger charge is 2.25. The minimum absolute atomic E-state index is 0.316. The molecule has 0 atom stereocenters. The van der Waals surface area contributed by atoms with Crippen LogP contribution < -0.4 is 10.6 Å². The molecule has 0 aliphatic heterocycles. The second kappa shape index (κ2) is 16.9. The van der Waals surface area contributed by atoms with Gasteiger partial charge in [0, 0.05) is 24.4 Å². The molecule has 2 saturated carbocycles. The van der Waals surface area contributed by atoms with Crippen LogP contribution >= 0.6 is 0 Å². The number of allylic oxidation sites excluding steroid dienone is 5. The Balaban J connectivity index is 0.00000154. The summed E-state index contributed by atoms with van der Waals surface area (Å²) in [5.41, 5.74) is 2.05. The van der Waals surface area contributed by atoms with E-state index in [2.05, 4.69) is 42.6 Å². The van der Waals surface area contributed by atoms with Crippen molar-refractivity contribution >= 4 is 5.71 Å². The van der Waals surface area contributed by atoms with Gasteiger partial charge in [-0.1, -0.05) is 72.6 Å². The number of rotatable bonds is 9. The Morgan fingerprint density at radius 3 is 2.10 bits per heavy atom. The second-order valence-corrected chi connectivity index (χ2v) is 7.72. The van der Waals surface area contributed by atoms with Gasteiger partial charge in [0.15, 0.2) is 0 Å². The summed E-state index contributed by atoms with van der Waals surface area (Å²) < 4.78 is 14.6. The van der Waals surface area contributed by atoms with Crippen LogP contribution in [0.15, 0.2) is 53.2 Å². The van der Waals surface area contributed by atoms with Crippen molar-refractivity contribution in [3.63, 3.8) is 0 Å². The smallest absolute Gasteiger partial charge is 0.145 e. The van der Waals surface area contributed by atoms with Crippen LogP contribution in [0.3, 0.4) is 0 Å². The maximum atomic E-state index is 14.6. The highest BCUT2D eigenvalue weighted by atomic mass is 19.1. The van der Waals surface area contributed by atoms with Gasteiger partial charge in [0.05, 0.1) is 0 Å². The number of hydrogen-bond donors (Lipinski definition) is 2. The Morgan fingerprint density at radius 1 is 1.10 bits per heavy atom. The number of nitrogens with zero attached hydrogens (tertiary/aromatic N) is 1. The molecule has 0 saturated heterocycles. The first kappa shape index (κ1) is 28.2. The predicted octanol–water partition coefficient (Wildman–Crippen LogP) is 7.60. The normalized spacial score (nSPS) is 18.1. The van der Waals surface area contributed by atoms with Gasteiger partial charge in [-0.3, -0.25) is 0 Å². The summed E-state index contributed by atoms with van der Waals surface area (Å²) in [6.07, 6.45) is 13.8. The summed E-state index contributed by atoms with van der Waals surface area (Å²) in [5.74, 6) is 0.876. The SMILES string of the molecule is C=CC(/C(=N/C(=C)NC1CCCCC1)C(/F)=C\C)=C(/CC1CC1)NC.CC.CCC. The number of halogens is 1. The topological polar surface area (TPSA) is 36.4 Å². The molecule has 0 radical (unpaired) electrons. The van der Waals surface area contributed by atoms with Gasteiger partial charge in [-0.15, -0.1) is 0 Å². The molecule has 0 bridgehead atoms. The monoisotopic (exact) mass is 419 g/mol. The van der Waals surface area contributed by atoms with Crippen LogP contribution in [0.4, 0.5) is 4.39 Å². The molecule has 0 aromatic heterocycles. The molecule has 0 aromatic carbocycles. The Labute approximate surface area is 185 Å². The standard InChI is InChI=1S/C21H32FN3.C3H8.C2H6/c1-5-18(20(23-4)14-16-12-13-16)21(19(22)6-2)25-15(3)24-17-10-8-7-9-11-17;1-3-2;1-2/h5-6,16-17,23-24H,1,3,7-14H2,2,4H3;3H2,1-2H3;1-2H3/b19-6+,20-18+,25-21-;;. The second-order valence-electron chi connectivity index (χ2n) is 7.72. The largest absolute Gasteiger partial charge is 0.391 e. The van der Waals surface area contributed by atoms with E-state index in [0.717, 1.165) is 30.5 Å². The zero-order chi connectivity index (χ0) is 22.9. The van der Waals surface area contributed by atoms with Gasteiger partial charge in [-0.25, -0.2) is 9.38 Å². The van der Waals surface area contributed by atoms with Gasteiger partial charge in [0.1, 0.15) is 17.4 Å². The molecule has 30 heavy (non-hydrogen) atoms. The van der Waals surface area contributed by atoms with Crippen molar-refractivity contribution in [1.82, 2.24) is 10.6 Å². The molecule has 0 amide bonds. The van der Waals surface area contributed by atoms with E-state index in [1.165, 1.54) is 44.6 Å². The van der Waals surface area contributed by atoms with Crippen LogP contribution in [0, 0.1) is 5.92 Å². The zero-order valence-electron chi connectivity index (χ0n) is 20.4. The first-order valence-electron chi connectivity index (χ1n) is 11.9. The molecule has 2 N–H and O–H groups in total. The lowest BCUT2D eigenvalue weighted by molar-refractivity contribution is 0.396. The van der Waals surface area contributed by atoms with Gasteiger partial charge in [0.25, 0.3) is 0 Å². The van der Waals surface area contributed by atoms with E-state index in [-0.39, 0.29) is 5.83 Å². The summed E-state index contributed by atoms with van der Waals surface area (Å²) in [5, 5.41) is 6.59. The summed E-state index contributed by atoms with van der Waals surface area (Å²) in [6.45, 7) is 17.8. The summed E-state index contributed by atoms with van der Waals surface area (Å²) in [4.78, 5) is 4.51. The number of nitrogens with one attached hydrogen (secondary N) is 2. The minimum atomic E-state index is -0.343. The molecule has 2 aliphatic carbocycles. The Morgan fingerprint density at radius 2 is 1.67 bits per heavy atom. The molecular formula is C26H46FN3. The minimum Gasteiger partial charge on any atom is -0.391 e. The molecule has 0 aromatic rings. The maximum absolute atomic E-state index is 14.6. The van der Waals surface area contributed by atoms with E-state index in [1.807, 2.05) is 20.9 Å². The fraction of sp³-hybridized carbons (Fsp3) is 0.654. The van der Waals surface area contributed by atoms with E-state index in [9.17, 15) is 4.39 Å². The summed E-state index contributed by atoms with van der Waals surface area (Å²) in [7, 11) is 1.88. The fourth-order valence-corrected chi connectivity index (χ4v) is 3.35. The highest BCUT2D eigenvalue weighted by molar-refractivity contribution is 6.13. The van der Waals surface area contributed by atoms with E-state index >= 15 is 0 Å². The third-order valence-electron chi connectivity index (χ3n) is 4.98. The average Bonchev–Trinajstić information content (AvgIpc) is 3.59. The molecule has 2 rings (SSSR count). The van der Waals surface area contributed by atoms with Gasteiger partial charge >= 0.3 is 0 Å². The van der Waals surface area contributed by atoms with Gasteiger partial charge < -0.3 is 10.6 Å². The summed E-state index contributed by atoms with van der Waals surface area (Å²) >= 11 is 0. The molecular weight excluding hydrogens is 373 g/mol. The van der Waals surface area contributed by atoms with Crippen molar-refractivity contribution in [2.24, 2.45) is 10.9 Å². The number of hydrogen-bond acceptors (Lipinski definition) is 3. The molecule has 2 aliphatic rings. The van der Waals surface area contributed by atoms with Crippen molar-refractivity contribution in [3.8, 4) is 0 Å². The Hall–Kier alpha value is -1.84. The van der Waals surface area contributed by atoms with Crippen molar-refractivity contribution in [2.75, 3.05) is 7.05 Å². The van der Waals surface area contributed by atoms with Crippen LogP contribution in [0.5, 0.6) is 0 Å². The van der Waals surface area contributed by atoms with Crippen molar-refractivity contribution in [3.05, 3.63) is 48.2 Å². The van der Waals surface area contributed by atoms with Gasteiger partial charge in [-0.2, -0.15) is 0 Å². The first-order chi connectivity index (χ1) is 14.5. The third-order valence-corrected chi connectivity index (χ3v) is 4.98. The fourth-order valence-electron chi connectivity index (χ4n) is 3.35. The van der Waals surface area contributed by atoms with Gasteiger partial charge in [-0.05, 0) is 51.0 Å². The Kier molecular flexibility index (Phi) is 15.9. The summed E-state index contributed by atoms with van der Waals surface area (Å²) in [6, 6.07) is 0.395. The van der Waals surface area contributed by atoms with Crippen molar-refractivity contribution in [2.45, 2.75) is 98.4 Å². The predicted molar refractivity (Wildman–Crippen MR) is 132 cm³/mol. The molecule has 3 nitrogen and oxygen atoms in total. The van der Waals surface area contributed by atoms with Crippen LogP contribution in [-0.2, 0) is 0 Å². The van der Waals surface area contributed by atoms with E-state index in [1.54, 1.807) is 13.0 Å². The lowest BCUT2D eigenvalue weighted by Gasteiger charge is -2.24. The maximum Gasteiger partial charge on any atom is 0.145 e. The Bertz CT molecular complexity index is 591. The molecule has 172 valence electrons. The lowest BCUT2D eigenvalue weighted by atomic mass is 9.95. The lowest BCUT2D eigenvalue weighted by Crippen LogP contribution is -2.30. The van der Waals surface area contributed by atoms with Crippen molar-refractivity contribution < 1.29 is 4.39 Å².